The van der Waals surface area contributed by atoms with Crippen molar-refractivity contribution in [3.8, 4) is 5.75 Å². The van der Waals surface area contributed by atoms with Crippen LogP contribution in [0.1, 0.15) is 29.5 Å². The fourth-order valence-corrected chi connectivity index (χ4v) is 4.05. The molecule has 0 aliphatic carbocycles. The Morgan fingerprint density at radius 1 is 1.12 bits per heavy atom. The lowest BCUT2D eigenvalue weighted by molar-refractivity contribution is -0.127. The molecular weight excluding hydrogens is 419 g/mol. The predicted octanol–water partition coefficient (Wildman–Crippen LogP) is 5.13. The van der Waals surface area contributed by atoms with E-state index >= 15 is 0 Å². The maximum absolute atomic E-state index is 13.3. The van der Waals surface area contributed by atoms with Crippen LogP contribution in [0.2, 0.25) is 0 Å². The van der Waals surface area contributed by atoms with Crippen molar-refractivity contribution in [2.24, 2.45) is 0 Å². The monoisotopic (exact) mass is 448 g/mol. The summed E-state index contributed by atoms with van der Waals surface area (Å²) in [7, 11) is 2.08. The number of rotatable bonds is 8. The quantitative estimate of drug-likeness (QED) is 0.448. The first kappa shape index (κ1) is 22.8. The lowest BCUT2D eigenvalue weighted by atomic mass is 10.1. The highest BCUT2D eigenvalue weighted by molar-refractivity contribution is 5.91. The van der Waals surface area contributed by atoms with Crippen molar-refractivity contribution in [1.82, 2.24) is 9.80 Å². The maximum atomic E-state index is 13.3. The van der Waals surface area contributed by atoms with Crippen molar-refractivity contribution < 1.29 is 18.3 Å². The zero-order chi connectivity index (χ0) is 23.0. The zero-order valence-corrected chi connectivity index (χ0v) is 18.8. The van der Waals surface area contributed by atoms with Gasteiger partial charge in [0, 0.05) is 50.7 Å². The van der Waals surface area contributed by atoms with E-state index in [0.29, 0.717) is 18.7 Å². The van der Waals surface area contributed by atoms with E-state index in [1.807, 2.05) is 23.1 Å². The zero-order valence-electron chi connectivity index (χ0n) is 18.8. The number of piperidine rings is 1. The highest BCUT2D eigenvalue weighted by atomic mass is 19.1. The molecule has 0 atom stereocenters. The van der Waals surface area contributed by atoms with Crippen molar-refractivity contribution in [3.05, 3.63) is 95.7 Å². The highest BCUT2D eigenvalue weighted by Gasteiger charge is 2.23. The molecule has 172 valence electrons. The van der Waals surface area contributed by atoms with E-state index in [1.54, 1.807) is 30.7 Å². The van der Waals surface area contributed by atoms with Crippen LogP contribution < -0.4 is 4.74 Å². The number of carbonyl (C=O) groups excluding carboxylic acids is 1. The minimum Gasteiger partial charge on any atom is -0.490 e. The molecule has 1 aromatic heterocycles. The standard InChI is InChI=1S/C27H29FN2O3/c1-29(19-23-12-15-32-20-23)18-22-5-3-7-26(17-22)33-25-10-13-30(14-11-25)27(31)9-8-21-4-2-6-24(28)16-21/h2-9,12,15-17,20,25H,10-11,13-14,18-19H2,1H3. The van der Waals surface area contributed by atoms with Crippen LogP contribution in [0.25, 0.3) is 6.08 Å². The van der Waals surface area contributed by atoms with E-state index in [9.17, 15) is 9.18 Å². The fraction of sp³-hybridized carbons (Fsp3) is 0.296. The van der Waals surface area contributed by atoms with Crippen LogP contribution >= 0.6 is 0 Å². The van der Waals surface area contributed by atoms with Gasteiger partial charge < -0.3 is 14.1 Å². The molecule has 1 saturated heterocycles. The molecule has 0 N–H and O–H groups in total. The van der Waals surface area contributed by atoms with Gasteiger partial charge in [-0.2, -0.15) is 0 Å². The van der Waals surface area contributed by atoms with Gasteiger partial charge in [-0.15, -0.1) is 0 Å². The minimum atomic E-state index is -0.309. The Morgan fingerprint density at radius 3 is 2.67 bits per heavy atom. The highest BCUT2D eigenvalue weighted by Crippen LogP contribution is 2.21. The maximum Gasteiger partial charge on any atom is 0.246 e. The largest absolute Gasteiger partial charge is 0.490 e. The molecule has 6 heteroatoms. The minimum absolute atomic E-state index is 0.0552. The van der Waals surface area contributed by atoms with Gasteiger partial charge in [-0.25, -0.2) is 4.39 Å². The number of nitrogens with zero attached hydrogens (tertiary/aromatic N) is 2. The number of amides is 1. The molecule has 1 aliphatic rings. The number of hydrogen-bond acceptors (Lipinski definition) is 4. The normalized spacial score (nSPS) is 14.8. The summed E-state index contributed by atoms with van der Waals surface area (Å²) in [4.78, 5) is 16.5. The molecule has 5 nitrogen and oxygen atoms in total. The topological polar surface area (TPSA) is 45.9 Å². The van der Waals surface area contributed by atoms with Gasteiger partial charge in [-0.3, -0.25) is 9.69 Å². The van der Waals surface area contributed by atoms with Gasteiger partial charge >= 0.3 is 0 Å². The fourth-order valence-electron chi connectivity index (χ4n) is 4.05. The average molecular weight is 449 g/mol. The number of likely N-dealkylation sites (tertiary alicyclic amines) is 1. The van der Waals surface area contributed by atoms with Gasteiger partial charge in [-0.1, -0.05) is 24.3 Å². The second-order valence-corrected chi connectivity index (χ2v) is 8.48. The van der Waals surface area contributed by atoms with E-state index in [4.69, 9.17) is 9.15 Å². The van der Waals surface area contributed by atoms with Crippen molar-refractivity contribution in [3.63, 3.8) is 0 Å². The first-order valence-corrected chi connectivity index (χ1v) is 11.2. The number of furan rings is 1. The average Bonchev–Trinajstić information content (AvgIpc) is 3.31. The van der Waals surface area contributed by atoms with Gasteiger partial charge in [0.15, 0.2) is 0 Å². The third-order valence-electron chi connectivity index (χ3n) is 5.71. The number of carbonyl (C=O) groups is 1. The van der Waals surface area contributed by atoms with Crippen molar-refractivity contribution in [1.29, 1.82) is 0 Å². The molecule has 1 amide bonds. The van der Waals surface area contributed by atoms with Crippen molar-refractivity contribution in [2.75, 3.05) is 20.1 Å². The van der Waals surface area contributed by atoms with Crippen LogP contribution in [0.4, 0.5) is 4.39 Å². The first-order chi connectivity index (χ1) is 16.0. The summed E-state index contributed by atoms with van der Waals surface area (Å²) in [5.74, 6) is 0.497. The molecule has 0 saturated carbocycles. The summed E-state index contributed by atoms with van der Waals surface area (Å²) in [5, 5.41) is 0. The van der Waals surface area contributed by atoms with Crippen LogP contribution in [-0.2, 0) is 17.9 Å². The lowest BCUT2D eigenvalue weighted by Crippen LogP contribution is -2.41. The molecule has 1 fully saturated rings. The molecule has 33 heavy (non-hydrogen) atoms. The summed E-state index contributed by atoms with van der Waals surface area (Å²) in [5.41, 5.74) is 3.02. The van der Waals surface area contributed by atoms with E-state index in [-0.39, 0.29) is 17.8 Å². The Hall–Kier alpha value is -3.38. The van der Waals surface area contributed by atoms with E-state index in [1.165, 1.54) is 23.8 Å². The summed E-state index contributed by atoms with van der Waals surface area (Å²) in [6, 6.07) is 16.4. The smallest absolute Gasteiger partial charge is 0.246 e. The van der Waals surface area contributed by atoms with Gasteiger partial charge in [0.05, 0.1) is 12.5 Å². The van der Waals surface area contributed by atoms with E-state index in [2.05, 4.69) is 24.1 Å². The molecule has 0 spiro atoms. The number of halogens is 1. The van der Waals surface area contributed by atoms with Gasteiger partial charge in [-0.05, 0) is 54.6 Å². The van der Waals surface area contributed by atoms with E-state index < -0.39 is 0 Å². The Balaban J connectivity index is 1.25. The Labute approximate surface area is 194 Å². The third kappa shape index (κ3) is 6.80. The molecule has 0 radical (unpaired) electrons. The Kier molecular flexibility index (Phi) is 7.58. The second kappa shape index (κ2) is 11.0. The summed E-state index contributed by atoms with van der Waals surface area (Å²) < 4.78 is 24.6. The van der Waals surface area contributed by atoms with Crippen molar-refractivity contribution in [2.45, 2.75) is 32.0 Å². The van der Waals surface area contributed by atoms with Crippen LogP contribution in [0.3, 0.4) is 0 Å². The van der Waals surface area contributed by atoms with Gasteiger partial charge in [0.25, 0.3) is 0 Å². The molecule has 4 rings (SSSR count). The lowest BCUT2D eigenvalue weighted by Gasteiger charge is -2.31. The summed E-state index contributed by atoms with van der Waals surface area (Å²) >= 11 is 0. The molecule has 3 aromatic rings. The Morgan fingerprint density at radius 2 is 1.91 bits per heavy atom. The number of benzene rings is 2. The van der Waals surface area contributed by atoms with Gasteiger partial charge in [0.2, 0.25) is 5.91 Å². The SMILES string of the molecule is CN(Cc1ccoc1)Cc1cccc(OC2CCN(C(=O)C=Cc3cccc(F)c3)CC2)c1. The number of hydrogen-bond donors (Lipinski definition) is 0. The van der Waals surface area contributed by atoms with Crippen LogP contribution in [0.5, 0.6) is 5.75 Å². The van der Waals surface area contributed by atoms with Gasteiger partial charge in [0.1, 0.15) is 17.7 Å². The molecule has 0 unspecified atom stereocenters. The van der Waals surface area contributed by atoms with Crippen LogP contribution in [-0.4, -0.2) is 41.9 Å². The first-order valence-electron chi connectivity index (χ1n) is 11.2. The number of ether oxygens (including phenoxy) is 1. The van der Waals surface area contributed by atoms with Crippen LogP contribution in [0, 0.1) is 5.82 Å². The molecular formula is C27H29FN2O3. The Bertz CT molecular complexity index is 1070. The molecule has 0 bridgehead atoms. The van der Waals surface area contributed by atoms with Crippen molar-refractivity contribution >= 4 is 12.0 Å². The summed E-state index contributed by atoms with van der Waals surface area (Å²) in [6.45, 7) is 2.92. The predicted molar refractivity (Wildman–Crippen MR) is 126 cm³/mol. The third-order valence-corrected chi connectivity index (χ3v) is 5.71. The summed E-state index contributed by atoms with van der Waals surface area (Å²) in [6.07, 6.45) is 8.28. The second-order valence-electron chi connectivity index (χ2n) is 8.48. The van der Waals surface area contributed by atoms with E-state index in [0.717, 1.165) is 37.2 Å². The van der Waals surface area contributed by atoms with Crippen LogP contribution in [0.15, 0.2) is 77.6 Å². The molecule has 2 aromatic carbocycles. The molecule has 2 heterocycles. The molecule has 1 aliphatic heterocycles.